The van der Waals surface area contributed by atoms with Crippen LogP contribution in [0.3, 0.4) is 0 Å². The molecule has 2 aromatic carbocycles. The highest BCUT2D eigenvalue weighted by Gasteiger charge is 2.16. The Labute approximate surface area is 124 Å². The zero-order valence-electron chi connectivity index (χ0n) is 12.7. The first-order valence-corrected chi connectivity index (χ1v) is 6.76. The van der Waals surface area contributed by atoms with E-state index < -0.39 is 0 Å². The molecule has 0 fully saturated rings. The van der Waals surface area contributed by atoms with E-state index in [1.54, 1.807) is 20.3 Å². The maximum Gasteiger partial charge on any atom is 0.161 e. The van der Waals surface area contributed by atoms with Crippen LogP contribution in [0.5, 0.6) is 11.5 Å². The van der Waals surface area contributed by atoms with Gasteiger partial charge in [-0.25, -0.2) is 4.39 Å². The molecule has 4 heteroatoms. The molecule has 0 aliphatic rings. The largest absolute Gasteiger partial charge is 0.493 e. The highest BCUT2D eigenvalue weighted by molar-refractivity contribution is 5.46. The minimum Gasteiger partial charge on any atom is -0.493 e. The Balaban J connectivity index is 2.46. The maximum atomic E-state index is 13.3. The van der Waals surface area contributed by atoms with Gasteiger partial charge in [0, 0.05) is 0 Å². The van der Waals surface area contributed by atoms with Crippen molar-refractivity contribution >= 4 is 0 Å². The van der Waals surface area contributed by atoms with Crippen LogP contribution in [0.25, 0.3) is 0 Å². The lowest BCUT2D eigenvalue weighted by Crippen LogP contribution is -2.19. The van der Waals surface area contributed by atoms with Crippen molar-refractivity contribution in [3.8, 4) is 11.5 Å². The summed E-state index contributed by atoms with van der Waals surface area (Å²) < 4.78 is 23.9. The van der Waals surface area contributed by atoms with Crippen molar-refractivity contribution in [2.45, 2.75) is 13.0 Å². The lowest BCUT2D eigenvalue weighted by molar-refractivity contribution is 0.354. The van der Waals surface area contributed by atoms with Crippen LogP contribution < -0.4 is 14.8 Å². The summed E-state index contributed by atoms with van der Waals surface area (Å²) in [5.41, 5.74) is 2.97. The van der Waals surface area contributed by atoms with Gasteiger partial charge in [-0.05, 0) is 54.9 Å². The minimum atomic E-state index is -0.224. The molecular weight excluding hydrogens is 269 g/mol. The fraction of sp³-hybridized carbons (Fsp3) is 0.294. The molecule has 2 aromatic rings. The third-order valence-corrected chi connectivity index (χ3v) is 3.57. The Morgan fingerprint density at radius 2 is 1.71 bits per heavy atom. The molecule has 0 spiro atoms. The summed E-state index contributed by atoms with van der Waals surface area (Å²) in [5, 5.41) is 3.26. The number of benzene rings is 2. The molecular formula is C17H20FNO2. The fourth-order valence-electron chi connectivity index (χ4n) is 2.50. The van der Waals surface area contributed by atoms with Crippen molar-refractivity contribution in [3.63, 3.8) is 0 Å². The normalized spacial score (nSPS) is 12.0. The molecule has 0 aliphatic carbocycles. The molecule has 0 bridgehead atoms. The van der Waals surface area contributed by atoms with Gasteiger partial charge >= 0.3 is 0 Å². The van der Waals surface area contributed by atoms with Crippen LogP contribution in [-0.2, 0) is 0 Å². The van der Waals surface area contributed by atoms with Crippen molar-refractivity contribution in [1.82, 2.24) is 5.32 Å². The van der Waals surface area contributed by atoms with E-state index in [4.69, 9.17) is 9.47 Å². The van der Waals surface area contributed by atoms with Crippen molar-refractivity contribution in [2.24, 2.45) is 0 Å². The second kappa shape index (κ2) is 6.59. The number of ether oxygens (including phenoxy) is 2. The molecule has 0 saturated carbocycles. The maximum absolute atomic E-state index is 13.3. The second-order valence-corrected chi connectivity index (χ2v) is 4.84. The molecule has 0 heterocycles. The summed E-state index contributed by atoms with van der Waals surface area (Å²) in [6.07, 6.45) is 0. The van der Waals surface area contributed by atoms with E-state index in [-0.39, 0.29) is 11.9 Å². The van der Waals surface area contributed by atoms with E-state index in [1.165, 1.54) is 6.07 Å². The zero-order chi connectivity index (χ0) is 15.4. The minimum absolute atomic E-state index is 0.0367. The zero-order valence-corrected chi connectivity index (χ0v) is 12.7. The molecule has 0 amide bonds. The quantitative estimate of drug-likeness (QED) is 0.914. The smallest absolute Gasteiger partial charge is 0.161 e. The predicted octanol–water partition coefficient (Wildman–Crippen LogP) is 3.46. The number of nitrogens with one attached hydrogen (secondary N) is 1. The van der Waals surface area contributed by atoms with Crippen LogP contribution in [0, 0.1) is 12.7 Å². The van der Waals surface area contributed by atoms with Crippen LogP contribution in [0.1, 0.15) is 22.7 Å². The first-order valence-electron chi connectivity index (χ1n) is 6.76. The number of hydrogen-bond acceptors (Lipinski definition) is 3. The molecule has 2 rings (SSSR count). The first-order chi connectivity index (χ1) is 10.1. The molecule has 0 aliphatic heterocycles. The summed E-state index contributed by atoms with van der Waals surface area (Å²) in [6.45, 7) is 1.91. The van der Waals surface area contributed by atoms with E-state index >= 15 is 0 Å². The Kier molecular flexibility index (Phi) is 4.81. The summed E-state index contributed by atoms with van der Waals surface area (Å²) >= 11 is 0. The average Bonchev–Trinajstić information content (AvgIpc) is 2.49. The van der Waals surface area contributed by atoms with Gasteiger partial charge < -0.3 is 14.8 Å². The van der Waals surface area contributed by atoms with E-state index in [2.05, 4.69) is 5.32 Å². The lowest BCUT2D eigenvalue weighted by atomic mass is 9.95. The van der Waals surface area contributed by atoms with Crippen molar-refractivity contribution < 1.29 is 13.9 Å². The summed E-state index contributed by atoms with van der Waals surface area (Å²) in [7, 11) is 5.10. The predicted molar refractivity (Wildman–Crippen MR) is 81.6 cm³/mol. The van der Waals surface area contributed by atoms with E-state index in [1.807, 2.05) is 38.2 Å². The van der Waals surface area contributed by atoms with Crippen molar-refractivity contribution in [2.75, 3.05) is 21.3 Å². The average molecular weight is 289 g/mol. The van der Waals surface area contributed by atoms with E-state index in [9.17, 15) is 4.39 Å². The Bertz CT molecular complexity index is 628. The Morgan fingerprint density at radius 3 is 2.29 bits per heavy atom. The highest BCUT2D eigenvalue weighted by atomic mass is 19.1. The third-order valence-electron chi connectivity index (χ3n) is 3.57. The fourth-order valence-corrected chi connectivity index (χ4v) is 2.50. The van der Waals surface area contributed by atoms with Gasteiger partial charge in [-0.15, -0.1) is 0 Å². The van der Waals surface area contributed by atoms with Crippen molar-refractivity contribution in [3.05, 3.63) is 58.9 Å². The van der Waals surface area contributed by atoms with Gasteiger partial charge in [0.05, 0.1) is 20.3 Å². The second-order valence-electron chi connectivity index (χ2n) is 4.84. The van der Waals surface area contributed by atoms with Gasteiger partial charge in [-0.3, -0.25) is 0 Å². The van der Waals surface area contributed by atoms with Gasteiger partial charge in [0.1, 0.15) is 5.82 Å². The molecule has 21 heavy (non-hydrogen) atoms. The van der Waals surface area contributed by atoms with Crippen LogP contribution in [0.2, 0.25) is 0 Å². The lowest BCUT2D eigenvalue weighted by Gasteiger charge is -2.20. The molecule has 0 radical (unpaired) electrons. The third kappa shape index (κ3) is 3.16. The molecule has 112 valence electrons. The van der Waals surface area contributed by atoms with Crippen LogP contribution in [0.4, 0.5) is 4.39 Å². The molecule has 0 aromatic heterocycles. The van der Waals surface area contributed by atoms with Crippen LogP contribution >= 0.6 is 0 Å². The van der Waals surface area contributed by atoms with Gasteiger partial charge in [0.2, 0.25) is 0 Å². The van der Waals surface area contributed by atoms with Gasteiger partial charge in [0.25, 0.3) is 0 Å². The summed E-state index contributed by atoms with van der Waals surface area (Å²) in [5.74, 6) is 1.14. The number of aryl methyl sites for hydroxylation is 1. The Morgan fingerprint density at radius 1 is 1.00 bits per heavy atom. The molecule has 1 N–H and O–H groups in total. The van der Waals surface area contributed by atoms with E-state index in [0.717, 1.165) is 16.7 Å². The number of rotatable bonds is 5. The number of hydrogen-bond donors (Lipinski definition) is 1. The monoisotopic (exact) mass is 289 g/mol. The van der Waals surface area contributed by atoms with Crippen LogP contribution in [-0.4, -0.2) is 21.3 Å². The SMILES string of the molecule is CNC(c1ccc(OC)c(OC)c1)c1ccc(F)cc1C. The van der Waals surface area contributed by atoms with Gasteiger partial charge in [-0.1, -0.05) is 12.1 Å². The van der Waals surface area contributed by atoms with Crippen molar-refractivity contribution in [1.29, 1.82) is 0 Å². The summed E-state index contributed by atoms with van der Waals surface area (Å²) in [6, 6.07) is 10.6. The summed E-state index contributed by atoms with van der Waals surface area (Å²) in [4.78, 5) is 0. The van der Waals surface area contributed by atoms with Gasteiger partial charge in [0.15, 0.2) is 11.5 Å². The highest BCUT2D eigenvalue weighted by Crippen LogP contribution is 2.33. The molecule has 0 saturated heterocycles. The first kappa shape index (κ1) is 15.3. The Hall–Kier alpha value is -2.07. The van der Waals surface area contributed by atoms with Gasteiger partial charge in [-0.2, -0.15) is 0 Å². The topological polar surface area (TPSA) is 30.5 Å². The van der Waals surface area contributed by atoms with E-state index in [0.29, 0.717) is 11.5 Å². The molecule has 1 atom stereocenters. The standard InChI is InChI=1S/C17H20FNO2/c1-11-9-13(18)6-7-14(11)17(19-2)12-5-8-15(20-3)16(10-12)21-4/h5-10,17,19H,1-4H3. The number of methoxy groups -OCH3 is 2. The molecule has 1 unspecified atom stereocenters. The molecule has 3 nitrogen and oxygen atoms in total. The number of halogens is 1. The van der Waals surface area contributed by atoms with Crippen LogP contribution in [0.15, 0.2) is 36.4 Å².